The summed E-state index contributed by atoms with van der Waals surface area (Å²) >= 11 is 0. The normalized spacial score (nSPS) is 32.2. The van der Waals surface area contributed by atoms with E-state index in [2.05, 4.69) is 10.1 Å². The van der Waals surface area contributed by atoms with Crippen molar-refractivity contribution >= 4 is 5.97 Å². The van der Waals surface area contributed by atoms with Crippen LogP contribution in [0.2, 0.25) is 0 Å². The first kappa shape index (κ1) is 7.50. The van der Waals surface area contributed by atoms with Gasteiger partial charge in [0, 0.05) is 0 Å². The molecule has 0 aromatic heterocycles. The summed E-state index contributed by atoms with van der Waals surface area (Å²) in [5.74, 6) is -0.259. The van der Waals surface area contributed by atoms with Crippen molar-refractivity contribution in [3.05, 3.63) is 0 Å². The molecule has 1 N–H and O–H groups in total. The van der Waals surface area contributed by atoms with E-state index in [1.165, 1.54) is 7.11 Å². The van der Waals surface area contributed by atoms with E-state index in [4.69, 9.17) is 4.74 Å². The van der Waals surface area contributed by atoms with Gasteiger partial charge >= 0.3 is 5.97 Å². The smallest absolute Gasteiger partial charge is 0.325 e. The van der Waals surface area contributed by atoms with Crippen LogP contribution in [0, 0.1) is 0 Å². The van der Waals surface area contributed by atoms with Gasteiger partial charge in [-0.2, -0.15) is 0 Å². The predicted octanol–water partition coefficient (Wildman–Crippen LogP) is -0.506. The quantitative estimate of drug-likeness (QED) is 0.505. The number of esters is 1. The number of methoxy groups -OCH3 is 1. The molecule has 4 nitrogen and oxygen atoms in total. The second kappa shape index (κ2) is 2.98. The molecule has 10 heavy (non-hydrogen) atoms. The maximum absolute atomic E-state index is 10.9. The molecule has 1 fully saturated rings. The average Bonchev–Trinajstić information content (AvgIpc) is 2.34. The molecule has 0 bridgehead atoms. The van der Waals surface area contributed by atoms with Crippen molar-refractivity contribution in [2.75, 3.05) is 13.8 Å². The summed E-state index contributed by atoms with van der Waals surface area (Å²) in [4.78, 5) is 10.9. The fourth-order valence-electron chi connectivity index (χ4n) is 0.933. The van der Waals surface area contributed by atoms with E-state index in [1.807, 2.05) is 6.92 Å². The van der Waals surface area contributed by atoms with E-state index >= 15 is 0 Å². The third-order valence-electron chi connectivity index (χ3n) is 1.57. The van der Waals surface area contributed by atoms with Gasteiger partial charge < -0.3 is 9.47 Å². The minimum Gasteiger partial charge on any atom is -0.468 e. The Bertz CT molecular complexity index is 137. The fraction of sp³-hybridized carbons (Fsp3) is 0.833. The molecule has 0 unspecified atom stereocenters. The maximum atomic E-state index is 10.9. The highest BCUT2D eigenvalue weighted by molar-refractivity contribution is 5.76. The van der Waals surface area contributed by atoms with Crippen LogP contribution in [0.1, 0.15) is 6.92 Å². The molecule has 1 rings (SSSR count). The fourth-order valence-corrected chi connectivity index (χ4v) is 0.933. The van der Waals surface area contributed by atoms with E-state index in [0.29, 0.717) is 6.73 Å². The largest absolute Gasteiger partial charge is 0.468 e. The summed E-state index contributed by atoms with van der Waals surface area (Å²) in [6.07, 6.45) is -0.0764. The van der Waals surface area contributed by atoms with Crippen LogP contribution in [-0.2, 0) is 14.3 Å². The van der Waals surface area contributed by atoms with E-state index in [-0.39, 0.29) is 18.1 Å². The van der Waals surface area contributed by atoms with Gasteiger partial charge in [-0.05, 0) is 6.92 Å². The third-order valence-corrected chi connectivity index (χ3v) is 1.57. The van der Waals surface area contributed by atoms with Gasteiger partial charge in [0.15, 0.2) is 0 Å². The van der Waals surface area contributed by atoms with Crippen molar-refractivity contribution in [1.29, 1.82) is 0 Å². The van der Waals surface area contributed by atoms with Gasteiger partial charge in [0.25, 0.3) is 0 Å². The standard InChI is InChI=1S/C6H11NO3/c1-4-5(6(8)9-2)7-3-10-4/h4-5,7H,3H2,1-2H3/t4-,5-/m0/s1. The zero-order valence-corrected chi connectivity index (χ0v) is 6.09. The Balaban J connectivity index is 2.46. The number of carbonyl (C=O) groups excluding carboxylic acids is 1. The lowest BCUT2D eigenvalue weighted by Crippen LogP contribution is -2.38. The van der Waals surface area contributed by atoms with Crippen molar-refractivity contribution in [2.45, 2.75) is 19.1 Å². The number of carbonyl (C=O) groups is 1. The lowest BCUT2D eigenvalue weighted by atomic mass is 10.2. The van der Waals surface area contributed by atoms with Gasteiger partial charge in [-0.15, -0.1) is 0 Å². The minimum absolute atomic E-state index is 0.0764. The number of ether oxygens (including phenoxy) is 2. The highest BCUT2D eigenvalue weighted by Crippen LogP contribution is 2.06. The summed E-state index contributed by atoms with van der Waals surface area (Å²) in [5, 5.41) is 2.86. The monoisotopic (exact) mass is 145 g/mol. The molecule has 1 aliphatic rings. The van der Waals surface area contributed by atoms with Crippen molar-refractivity contribution in [3.8, 4) is 0 Å². The Kier molecular flexibility index (Phi) is 2.24. The van der Waals surface area contributed by atoms with Crippen LogP contribution in [0.5, 0.6) is 0 Å². The molecule has 58 valence electrons. The molecule has 2 atom stereocenters. The molecule has 1 saturated heterocycles. The van der Waals surface area contributed by atoms with Crippen LogP contribution in [-0.4, -0.2) is 32.0 Å². The second-order valence-electron chi connectivity index (χ2n) is 2.22. The van der Waals surface area contributed by atoms with Gasteiger partial charge in [-0.1, -0.05) is 0 Å². The van der Waals surface area contributed by atoms with Crippen molar-refractivity contribution in [1.82, 2.24) is 5.32 Å². The van der Waals surface area contributed by atoms with E-state index < -0.39 is 0 Å². The van der Waals surface area contributed by atoms with Gasteiger partial charge in [-0.3, -0.25) is 10.1 Å². The van der Waals surface area contributed by atoms with Gasteiger partial charge in [-0.25, -0.2) is 0 Å². The third kappa shape index (κ3) is 1.27. The minimum atomic E-state index is -0.287. The summed E-state index contributed by atoms with van der Waals surface area (Å²) in [6, 6.07) is -0.287. The van der Waals surface area contributed by atoms with Gasteiger partial charge in [0.05, 0.1) is 19.9 Å². The molecule has 1 aliphatic heterocycles. The topological polar surface area (TPSA) is 47.6 Å². The molecule has 0 aliphatic carbocycles. The SMILES string of the molecule is COC(=O)[C@H]1NCO[C@H]1C. The maximum Gasteiger partial charge on any atom is 0.325 e. The molecule has 1 heterocycles. The molecular weight excluding hydrogens is 134 g/mol. The van der Waals surface area contributed by atoms with E-state index in [1.54, 1.807) is 0 Å². The van der Waals surface area contributed by atoms with E-state index in [9.17, 15) is 4.79 Å². The Hall–Kier alpha value is -0.610. The van der Waals surface area contributed by atoms with Crippen LogP contribution in [0.25, 0.3) is 0 Å². The first-order valence-corrected chi connectivity index (χ1v) is 3.18. The number of hydrogen-bond donors (Lipinski definition) is 1. The molecule has 0 amide bonds. The van der Waals surface area contributed by atoms with Gasteiger partial charge in [0.2, 0.25) is 0 Å². The van der Waals surface area contributed by atoms with Crippen molar-refractivity contribution in [3.63, 3.8) is 0 Å². The first-order chi connectivity index (χ1) is 4.75. The molecular formula is C6H11NO3. The average molecular weight is 145 g/mol. The first-order valence-electron chi connectivity index (χ1n) is 3.18. The Morgan fingerprint density at radius 3 is 2.90 bits per heavy atom. The molecule has 0 radical (unpaired) electrons. The summed E-state index contributed by atoms with van der Waals surface area (Å²) in [7, 11) is 1.37. The second-order valence-corrected chi connectivity index (χ2v) is 2.22. The van der Waals surface area contributed by atoms with Crippen molar-refractivity contribution < 1.29 is 14.3 Å². The Morgan fingerprint density at radius 2 is 2.50 bits per heavy atom. The lowest BCUT2D eigenvalue weighted by molar-refractivity contribution is -0.143. The summed E-state index contributed by atoms with van der Waals surface area (Å²) in [5.41, 5.74) is 0. The lowest BCUT2D eigenvalue weighted by Gasteiger charge is -2.09. The van der Waals surface area contributed by atoms with Crippen LogP contribution < -0.4 is 5.32 Å². The summed E-state index contributed by atoms with van der Waals surface area (Å²) in [6.45, 7) is 2.27. The number of nitrogens with one attached hydrogen (secondary N) is 1. The molecule has 0 aromatic carbocycles. The van der Waals surface area contributed by atoms with Crippen LogP contribution in [0.3, 0.4) is 0 Å². The van der Waals surface area contributed by atoms with Crippen molar-refractivity contribution in [2.24, 2.45) is 0 Å². The van der Waals surface area contributed by atoms with Crippen LogP contribution in [0.15, 0.2) is 0 Å². The van der Waals surface area contributed by atoms with Gasteiger partial charge in [0.1, 0.15) is 6.04 Å². The predicted molar refractivity (Wildman–Crippen MR) is 34.4 cm³/mol. The van der Waals surface area contributed by atoms with Crippen LogP contribution >= 0.6 is 0 Å². The molecule has 4 heteroatoms. The Morgan fingerprint density at radius 1 is 1.80 bits per heavy atom. The highest BCUT2D eigenvalue weighted by Gasteiger charge is 2.30. The summed E-state index contributed by atoms with van der Waals surface area (Å²) < 4.78 is 9.60. The number of rotatable bonds is 1. The highest BCUT2D eigenvalue weighted by atomic mass is 16.5. The number of hydrogen-bond acceptors (Lipinski definition) is 4. The molecule has 0 spiro atoms. The zero-order chi connectivity index (χ0) is 7.56. The Labute approximate surface area is 59.5 Å². The zero-order valence-electron chi connectivity index (χ0n) is 6.09. The van der Waals surface area contributed by atoms with E-state index in [0.717, 1.165) is 0 Å². The van der Waals surface area contributed by atoms with Crippen LogP contribution in [0.4, 0.5) is 0 Å². The molecule has 0 aromatic rings. The molecule has 0 saturated carbocycles.